The lowest BCUT2D eigenvalue weighted by Gasteiger charge is -2.25. The molecule has 0 saturated carbocycles. The molecule has 0 aliphatic heterocycles. The van der Waals surface area contributed by atoms with Gasteiger partial charge in [-0.25, -0.2) is 14.8 Å². The highest BCUT2D eigenvalue weighted by Gasteiger charge is 2.31. The molecule has 0 aromatic carbocycles. The van der Waals surface area contributed by atoms with Crippen LogP contribution in [0.3, 0.4) is 0 Å². The fraction of sp³-hybridized carbons (Fsp3) is 0.500. The molecule has 0 aliphatic rings. The van der Waals surface area contributed by atoms with Gasteiger partial charge in [0.15, 0.2) is 0 Å². The van der Waals surface area contributed by atoms with Crippen LogP contribution < -0.4 is 33.2 Å². The highest BCUT2D eigenvalue weighted by molar-refractivity contribution is 5.95. The van der Waals surface area contributed by atoms with Crippen LogP contribution in [0.15, 0.2) is 25.0 Å². The Morgan fingerprint density at radius 1 is 0.842 bits per heavy atom. The van der Waals surface area contributed by atoms with E-state index in [0.717, 1.165) is 0 Å². The van der Waals surface area contributed by atoms with Crippen molar-refractivity contribution in [2.24, 2.45) is 17.2 Å². The van der Waals surface area contributed by atoms with Crippen molar-refractivity contribution in [3.05, 3.63) is 36.4 Å². The number of hydrogen-bond acceptors (Lipinski definition) is 9. The molecule has 12 N–H and O–H groups in total. The van der Waals surface area contributed by atoms with Gasteiger partial charge in [0.25, 0.3) is 0 Å². The number of imidazole rings is 2. The summed E-state index contributed by atoms with van der Waals surface area (Å²) in [6, 6.07) is -4.93. The van der Waals surface area contributed by atoms with Crippen molar-refractivity contribution in [1.82, 2.24) is 35.9 Å². The molecule has 4 amide bonds. The highest BCUT2D eigenvalue weighted by Crippen LogP contribution is 2.06. The minimum Gasteiger partial charge on any atom is -0.480 e. The second kappa shape index (κ2) is 15.1. The van der Waals surface area contributed by atoms with Crippen LogP contribution in [-0.4, -0.2) is 85.4 Å². The van der Waals surface area contributed by atoms with Gasteiger partial charge in [0.1, 0.15) is 18.1 Å². The van der Waals surface area contributed by atoms with Crippen LogP contribution >= 0.6 is 0 Å². The van der Waals surface area contributed by atoms with Crippen molar-refractivity contribution in [3.63, 3.8) is 0 Å². The molecule has 2 aromatic rings. The third-order valence-electron chi connectivity index (χ3n) is 5.54. The second-order valence-electron chi connectivity index (χ2n) is 8.65. The Labute approximate surface area is 217 Å². The highest BCUT2D eigenvalue weighted by atomic mass is 16.4. The maximum atomic E-state index is 13.3. The summed E-state index contributed by atoms with van der Waals surface area (Å²) in [5, 5.41) is 17.0. The normalized spacial score (nSPS) is 14.1. The Morgan fingerprint density at radius 2 is 1.34 bits per heavy atom. The van der Waals surface area contributed by atoms with Gasteiger partial charge in [0, 0.05) is 36.6 Å². The van der Waals surface area contributed by atoms with E-state index in [1.54, 1.807) is 0 Å². The van der Waals surface area contributed by atoms with Crippen LogP contribution in [0.25, 0.3) is 0 Å². The van der Waals surface area contributed by atoms with E-state index in [-0.39, 0.29) is 19.3 Å². The first-order chi connectivity index (χ1) is 18.1. The smallest absolute Gasteiger partial charge is 0.326 e. The van der Waals surface area contributed by atoms with E-state index in [0.29, 0.717) is 30.8 Å². The lowest BCUT2D eigenvalue weighted by molar-refractivity contribution is -0.142. The largest absolute Gasteiger partial charge is 0.480 e. The molecule has 2 aromatic heterocycles. The third-order valence-corrected chi connectivity index (χ3v) is 5.54. The van der Waals surface area contributed by atoms with Crippen molar-refractivity contribution in [1.29, 1.82) is 0 Å². The topological polar surface area (TPSA) is 277 Å². The molecule has 4 atom stereocenters. The maximum Gasteiger partial charge on any atom is 0.326 e. The first-order valence-electron chi connectivity index (χ1n) is 11.9. The summed E-state index contributed by atoms with van der Waals surface area (Å²) in [7, 11) is 0. The van der Waals surface area contributed by atoms with Crippen LogP contribution in [0.1, 0.15) is 37.1 Å². The predicted octanol–water partition coefficient (Wildman–Crippen LogP) is -3.21. The Hall–Kier alpha value is -4.31. The van der Waals surface area contributed by atoms with Gasteiger partial charge in [-0.1, -0.05) is 0 Å². The second-order valence-corrected chi connectivity index (χ2v) is 8.65. The van der Waals surface area contributed by atoms with E-state index in [9.17, 15) is 29.1 Å². The number of nitrogens with one attached hydrogen (secondary N) is 5. The summed E-state index contributed by atoms with van der Waals surface area (Å²) in [5.74, 6) is -4.32. The lowest BCUT2D eigenvalue weighted by atomic mass is 10.1. The molecular weight excluding hydrogens is 500 g/mol. The molecule has 0 aliphatic carbocycles. The number of nitrogens with zero attached hydrogens (tertiary/aromatic N) is 2. The first-order valence-corrected chi connectivity index (χ1v) is 11.9. The number of rotatable bonds is 17. The third kappa shape index (κ3) is 9.98. The molecular formula is C22H34N10O6. The number of nitrogens with two attached hydrogens (primary N) is 3. The average Bonchev–Trinajstić information content (AvgIpc) is 3.56. The summed E-state index contributed by atoms with van der Waals surface area (Å²) in [5.41, 5.74) is 17.3. The number of H-pyrrole nitrogens is 2. The van der Waals surface area contributed by atoms with E-state index in [1.807, 2.05) is 0 Å². The summed E-state index contributed by atoms with van der Waals surface area (Å²) in [4.78, 5) is 75.2. The van der Waals surface area contributed by atoms with Crippen molar-refractivity contribution in [3.8, 4) is 0 Å². The van der Waals surface area contributed by atoms with Crippen molar-refractivity contribution in [2.45, 2.75) is 62.7 Å². The summed E-state index contributed by atoms with van der Waals surface area (Å²) >= 11 is 0. The number of carboxylic acid groups (broad SMARTS) is 1. The van der Waals surface area contributed by atoms with Crippen molar-refractivity contribution < 1.29 is 29.1 Å². The zero-order valence-corrected chi connectivity index (χ0v) is 20.7. The number of carbonyl (C=O) groups is 5. The molecule has 38 heavy (non-hydrogen) atoms. The zero-order chi connectivity index (χ0) is 28.1. The molecule has 2 rings (SSSR count). The van der Waals surface area contributed by atoms with E-state index in [4.69, 9.17) is 17.2 Å². The summed E-state index contributed by atoms with van der Waals surface area (Å²) in [6.45, 7) is 0.380. The van der Waals surface area contributed by atoms with Gasteiger partial charge in [0.05, 0.1) is 25.1 Å². The van der Waals surface area contributed by atoms with Gasteiger partial charge in [-0.05, 0) is 25.8 Å². The first kappa shape index (κ1) is 29.9. The Kier molecular flexibility index (Phi) is 11.9. The molecule has 0 bridgehead atoms. The Balaban J connectivity index is 2.21. The molecule has 0 fully saturated rings. The Morgan fingerprint density at radius 3 is 1.76 bits per heavy atom. The number of hydrogen-bond donors (Lipinski definition) is 9. The lowest BCUT2D eigenvalue weighted by Crippen LogP contribution is -2.58. The molecule has 208 valence electrons. The number of aromatic amines is 2. The summed E-state index contributed by atoms with van der Waals surface area (Å²) in [6.07, 6.45) is 6.37. The van der Waals surface area contributed by atoms with E-state index in [1.165, 1.54) is 25.0 Å². The molecule has 2 heterocycles. The minimum atomic E-state index is -1.29. The molecule has 4 unspecified atom stereocenters. The molecule has 0 radical (unpaired) electrons. The fourth-order valence-corrected chi connectivity index (χ4v) is 3.53. The van der Waals surface area contributed by atoms with Crippen LogP contribution in [0.2, 0.25) is 0 Å². The van der Waals surface area contributed by atoms with Gasteiger partial charge < -0.3 is 48.2 Å². The van der Waals surface area contributed by atoms with Crippen molar-refractivity contribution in [2.75, 3.05) is 6.54 Å². The van der Waals surface area contributed by atoms with E-state index < -0.39 is 60.2 Å². The summed E-state index contributed by atoms with van der Waals surface area (Å²) < 4.78 is 0. The number of amides is 4. The van der Waals surface area contributed by atoms with Gasteiger partial charge in [-0.2, -0.15) is 0 Å². The van der Waals surface area contributed by atoms with Crippen LogP contribution in [-0.2, 0) is 36.8 Å². The number of unbranched alkanes of at least 4 members (excludes halogenated alkanes) is 1. The average molecular weight is 535 g/mol. The minimum absolute atomic E-state index is 0.0430. The molecule has 0 spiro atoms. The molecule has 16 heteroatoms. The molecule has 0 saturated heterocycles. The quantitative estimate of drug-likeness (QED) is 0.0915. The van der Waals surface area contributed by atoms with E-state index in [2.05, 4.69) is 35.9 Å². The number of carbonyl (C=O) groups excluding carboxylic acids is 4. The Bertz CT molecular complexity index is 1060. The van der Waals surface area contributed by atoms with Crippen LogP contribution in [0, 0.1) is 0 Å². The van der Waals surface area contributed by atoms with Crippen LogP contribution in [0.4, 0.5) is 0 Å². The van der Waals surface area contributed by atoms with Gasteiger partial charge >= 0.3 is 5.97 Å². The SMILES string of the molecule is NCCCCC(NC(=O)C(Cc1cnc[nH]1)NC(=O)C(Cc1cnc[nH]1)NC(=O)C(N)CC(N)=O)C(=O)O. The van der Waals surface area contributed by atoms with Gasteiger partial charge in [0.2, 0.25) is 23.6 Å². The number of primary amides is 1. The predicted molar refractivity (Wildman–Crippen MR) is 133 cm³/mol. The fourth-order valence-electron chi connectivity index (χ4n) is 3.53. The zero-order valence-electron chi connectivity index (χ0n) is 20.7. The standard InChI is InChI=1S/C22H34N10O6/c23-4-2-1-3-15(22(37)38)30-20(35)17(6-13-9-27-11-29-13)32-21(36)16(5-12-8-26-10-28-12)31-19(34)14(24)7-18(25)33/h8-11,14-17H,1-7,23-24H2,(H2,25,33)(H,26,28)(H,27,29)(H,30,35)(H,31,34)(H,32,36)(H,37,38). The number of aliphatic carboxylic acids is 1. The van der Waals surface area contributed by atoms with Crippen molar-refractivity contribution >= 4 is 29.6 Å². The number of carboxylic acids is 1. The van der Waals surface area contributed by atoms with Gasteiger partial charge in [-0.3, -0.25) is 19.2 Å². The van der Waals surface area contributed by atoms with Crippen LogP contribution in [0.5, 0.6) is 0 Å². The maximum absolute atomic E-state index is 13.3. The molecule has 16 nitrogen and oxygen atoms in total. The number of aromatic nitrogens is 4. The monoisotopic (exact) mass is 534 g/mol. The van der Waals surface area contributed by atoms with Gasteiger partial charge in [-0.15, -0.1) is 0 Å². The van der Waals surface area contributed by atoms with E-state index >= 15 is 0 Å².